The molecule has 0 radical (unpaired) electrons. The van der Waals surface area contributed by atoms with Crippen LogP contribution in [0.25, 0.3) is 5.82 Å². The van der Waals surface area contributed by atoms with E-state index < -0.39 is 0 Å². The Morgan fingerprint density at radius 1 is 1.22 bits per heavy atom. The molecule has 0 amide bonds. The van der Waals surface area contributed by atoms with E-state index in [1.165, 1.54) is 44.9 Å². The average Bonchev–Trinajstić information content (AvgIpc) is 3.38. The first-order valence-corrected chi connectivity index (χ1v) is 9.73. The van der Waals surface area contributed by atoms with Crippen LogP contribution in [0, 0.1) is 5.92 Å². The standard InChI is InChI=1S/C20H30N6.HI/c1-21-20(23-11-5-4-8-17-6-2-3-7-17)25-15-18-9-10-19(24-14-18)26-13-12-22-16-26;/h9-10,12-14,16-17H,2-8,11,15H2,1H3,(H2,21,23,25);1H. The summed E-state index contributed by atoms with van der Waals surface area (Å²) in [4.78, 5) is 12.8. The summed E-state index contributed by atoms with van der Waals surface area (Å²) in [7, 11) is 1.81. The van der Waals surface area contributed by atoms with E-state index >= 15 is 0 Å². The van der Waals surface area contributed by atoms with Gasteiger partial charge in [0.05, 0.1) is 0 Å². The van der Waals surface area contributed by atoms with E-state index in [0.717, 1.165) is 29.8 Å². The monoisotopic (exact) mass is 482 g/mol. The number of hydrogen-bond donors (Lipinski definition) is 2. The fourth-order valence-corrected chi connectivity index (χ4v) is 3.54. The van der Waals surface area contributed by atoms with Gasteiger partial charge in [-0.25, -0.2) is 9.97 Å². The summed E-state index contributed by atoms with van der Waals surface area (Å²) < 4.78 is 1.89. The number of unbranched alkanes of at least 4 members (excludes halogenated alkanes) is 1. The van der Waals surface area contributed by atoms with Gasteiger partial charge in [-0.2, -0.15) is 0 Å². The summed E-state index contributed by atoms with van der Waals surface area (Å²) in [5, 5.41) is 6.76. The molecule has 1 saturated carbocycles. The minimum Gasteiger partial charge on any atom is -0.356 e. The van der Waals surface area contributed by atoms with Gasteiger partial charge in [0.15, 0.2) is 5.96 Å². The molecule has 2 aromatic heterocycles. The zero-order valence-corrected chi connectivity index (χ0v) is 18.4. The van der Waals surface area contributed by atoms with E-state index in [2.05, 4.69) is 31.7 Å². The van der Waals surface area contributed by atoms with Crippen molar-refractivity contribution in [3.63, 3.8) is 0 Å². The Balaban J connectivity index is 0.00000261. The van der Waals surface area contributed by atoms with Crippen molar-refractivity contribution in [2.24, 2.45) is 10.9 Å². The normalized spacial score (nSPS) is 14.8. The van der Waals surface area contributed by atoms with Gasteiger partial charge in [-0.05, 0) is 24.0 Å². The highest BCUT2D eigenvalue weighted by Gasteiger charge is 2.13. The molecular formula is C20H31IN6. The Morgan fingerprint density at radius 2 is 2.07 bits per heavy atom. The number of imidazole rings is 1. The zero-order valence-electron chi connectivity index (χ0n) is 16.1. The maximum absolute atomic E-state index is 4.47. The second-order valence-electron chi connectivity index (χ2n) is 6.99. The van der Waals surface area contributed by atoms with Gasteiger partial charge in [0.25, 0.3) is 0 Å². The highest BCUT2D eigenvalue weighted by atomic mass is 127. The first-order valence-electron chi connectivity index (χ1n) is 9.73. The van der Waals surface area contributed by atoms with Crippen LogP contribution in [0.3, 0.4) is 0 Å². The summed E-state index contributed by atoms with van der Waals surface area (Å²) in [5.74, 6) is 2.71. The van der Waals surface area contributed by atoms with Gasteiger partial charge in [-0.15, -0.1) is 24.0 Å². The Bertz CT molecular complexity index is 662. The molecule has 7 heteroatoms. The first-order chi connectivity index (χ1) is 12.8. The molecule has 27 heavy (non-hydrogen) atoms. The van der Waals surface area contributed by atoms with E-state index in [1.54, 1.807) is 12.5 Å². The van der Waals surface area contributed by atoms with Crippen LogP contribution in [0.15, 0.2) is 42.0 Å². The minimum atomic E-state index is 0. The third kappa shape index (κ3) is 7.12. The Kier molecular flexibility index (Phi) is 9.58. The van der Waals surface area contributed by atoms with Crippen molar-refractivity contribution in [1.82, 2.24) is 25.2 Å². The number of pyridine rings is 1. The van der Waals surface area contributed by atoms with Crippen molar-refractivity contribution in [2.45, 2.75) is 51.5 Å². The molecule has 0 unspecified atom stereocenters. The lowest BCUT2D eigenvalue weighted by atomic mass is 10.0. The molecule has 2 heterocycles. The van der Waals surface area contributed by atoms with Crippen LogP contribution in [0.5, 0.6) is 0 Å². The number of nitrogens with zero attached hydrogens (tertiary/aromatic N) is 4. The summed E-state index contributed by atoms with van der Waals surface area (Å²) >= 11 is 0. The summed E-state index contributed by atoms with van der Waals surface area (Å²) in [6, 6.07) is 4.07. The van der Waals surface area contributed by atoms with Crippen molar-refractivity contribution < 1.29 is 0 Å². The predicted octanol–water partition coefficient (Wildman–Crippen LogP) is 3.91. The van der Waals surface area contributed by atoms with Gasteiger partial charge >= 0.3 is 0 Å². The fourth-order valence-electron chi connectivity index (χ4n) is 3.54. The maximum atomic E-state index is 4.47. The maximum Gasteiger partial charge on any atom is 0.191 e. The van der Waals surface area contributed by atoms with Gasteiger partial charge in [-0.1, -0.05) is 44.6 Å². The van der Waals surface area contributed by atoms with Gasteiger partial charge < -0.3 is 10.6 Å². The highest BCUT2D eigenvalue weighted by molar-refractivity contribution is 14.0. The SMILES string of the molecule is CN=C(NCCCCC1CCCC1)NCc1ccc(-n2ccnc2)nc1.I. The molecule has 0 aromatic carbocycles. The van der Waals surface area contributed by atoms with Gasteiger partial charge in [0, 0.05) is 38.7 Å². The third-order valence-electron chi connectivity index (χ3n) is 5.07. The van der Waals surface area contributed by atoms with Crippen LogP contribution in [0.2, 0.25) is 0 Å². The number of aromatic nitrogens is 3. The molecule has 6 nitrogen and oxygen atoms in total. The van der Waals surface area contributed by atoms with E-state index in [4.69, 9.17) is 0 Å². The molecule has 0 spiro atoms. The average molecular weight is 482 g/mol. The Labute approximate surface area is 179 Å². The number of aliphatic imine (C=N–C) groups is 1. The number of halogens is 1. The largest absolute Gasteiger partial charge is 0.356 e. The van der Waals surface area contributed by atoms with E-state index in [1.807, 2.05) is 30.1 Å². The molecule has 2 N–H and O–H groups in total. The molecule has 0 saturated heterocycles. The van der Waals surface area contributed by atoms with Gasteiger partial charge in [0.2, 0.25) is 0 Å². The second kappa shape index (κ2) is 11.9. The number of hydrogen-bond acceptors (Lipinski definition) is 3. The highest BCUT2D eigenvalue weighted by Crippen LogP contribution is 2.28. The van der Waals surface area contributed by atoms with Crippen LogP contribution in [-0.4, -0.2) is 34.1 Å². The lowest BCUT2D eigenvalue weighted by molar-refractivity contribution is 0.472. The molecule has 1 aliphatic rings. The minimum absolute atomic E-state index is 0. The van der Waals surface area contributed by atoms with Crippen molar-refractivity contribution in [3.8, 4) is 5.82 Å². The van der Waals surface area contributed by atoms with Crippen molar-refractivity contribution >= 4 is 29.9 Å². The number of rotatable bonds is 8. The molecule has 3 rings (SSSR count). The van der Waals surface area contributed by atoms with Crippen molar-refractivity contribution in [3.05, 3.63) is 42.6 Å². The zero-order chi connectivity index (χ0) is 18.0. The second-order valence-corrected chi connectivity index (χ2v) is 6.99. The molecule has 2 aromatic rings. The van der Waals surface area contributed by atoms with Crippen molar-refractivity contribution in [2.75, 3.05) is 13.6 Å². The number of nitrogens with one attached hydrogen (secondary N) is 2. The molecule has 1 fully saturated rings. The van der Waals surface area contributed by atoms with E-state index in [9.17, 15) is 0 Å². The third-order valence-corrected chi connectivity index (χ3v) is 5.07. The molecule has 0 aliphatic heterocycles. The summed E-state index contributed by atoms with van der Waals surface area (Å²) in [5.41, 5.74) is 1.12. The van der Waals surface area contributed by atoms with Crippen LogP contribution in [0.4, 0.5) is 0 Å². The molecule has 1 aliphatic carbocycles. The van der Waals surface area contributed by atoms with Gasteiger partial charge in [-0.3, -0.25) is 9.56 Å². The smallest absolute Gasteiger partial charge is 0.191 e. The lowest BCUT2D eigenvalue weighted by Gasteiger charge is -2.13. The molecule has 0 bridgehead atoms. The molecular weight excluding hydrogens is 451 g/mol. The number of guanidine groups is 1. The topological polar surface area (TPSA) is 67.1 Å². The predicted molar refractivity (Wildman–Crippen MR) is 121 cm³/mol. The Morgan fingerprint density at radius 3 is 2.74 bits per heavy atom. The van der Waals surface area contributed by atoms with Crippen LogP contribution >= 0.6 is 24.0 Å². The molecule has 148 valence electrons. The van der Waals surface area contributed by atoms with E-state index in [0.29, 0.717) is 6.54 Å². The van der Waals surface area contributed by atoms with Crippen LogP contribution in [-0.2, 0) is 6.54 Å². The summed E-state index contributed by atoms with van der Waals surface area (Å²) in [6.07, 6.45) is 17.0. The Hall–Kier alpha value is -1.64. The van der Waals surface area contributed by atoms with Crippen LogP contribution < -0.4 is 10.6 Å². The summed E-state index contributed by atoms with van der Waals surface area (Å²) in [6.45, 7) is 1.68. The quantitative estimate of drug-likeness (QED) is 0.259. The fraction of sp³-hybridized carbons (Fsp3) is 0.550. The van der Waals surface area contributed by atoms with E-state index in [-0.39, 0.29) is 24.0 Å². The van der Waals surface area contributed by atoms with Crippen molar-refractivity contribution in [1.29, 1.82) is 0 Å². The molecule has 0 atom stereocenters. The first kappa shape index (κ1) is 21.7. The lowest BCUT2D eigenvalue weighted by Crippen LogP contribution is -2.37. The van der Waals surface area contributed by atoms with Crippen LogP contribution in [0.1, 0.15) is 50.5 Å². The van der Waals surface area contributed by atoms with Gasteiger partial charge in [0.1, 0.15) is 12.1 Å².